The number of aromatic nitrogens is 2. The van der Waals surface area contributed by atoms with Gasteiger partial charge in [0, 0.05) is 38.0 Å². The van der Waals surface area contributed by atoms with Crippen LogP contribution < -0.4 is 16.0 Å². The maximum absolute atomic E-state index is 12.5. The first-order valence-electron chi connectivity index (χ1n) is 11.1. The van der Waals surface area contributed by atoms with Gasteiger partial charge in [-0.05, 0) is 50.8 Å². The van der Waals surface area contributed by atoms with E-state index in [4.69, 9.17) is 37.7 Å². The van der Waals surface area contributed by atoms with Crippen LogP contribution in [0.5, 0.6) is 0 Å². The predicted molar refractivity (Wildman–Crippen MR) is 130 cm³/mol. The maximum atomic E-state index is 12.5. The van der Waals surface area contributed by atoms with E-state index in [1.807, 2.05) is 6.07 Å². The van der Waals surface area contributed by atoms with E-state index >= 15 is 0 Å². The van der Waals surface area contributed by atoms with E-state index in [9.17, 15) is 4.79 Å². The molecule has 178 valence electrons. The third-order valence-electron chi connectivity index (χ3n) is 5.80. The number of rotatable bonds is 6. The first kappa shape index (κ1) is 24.2. The Morgan fingerprint density at radius 3 is 2.85 bits per heavy atom. The summed E-state index contributed by atoms with van der Waals surface area (Å²) in [6.07, 6.45) is 2.91. The Morgan fingerprint density at radius 1 is 1.24 bits per heavy atom. The Labute approximate surface area is 203 Å². The van der Waals surface area contributed by atoms with Gasteiger partial charge >= 0.3 is 0 Å². The molecule has 0 aromatic carbocycles. The molecule has 2 fully saturated rings. The number of pyridine rings is 2. The van der Waals surface area contributed by atoms with E-state index in [0.29, 0.717) is 52.0 Å². The molecule has 0 saturated carbocycles. The number of morpholine rings is 1. The first-order chi connectivity index (χ1) is 15.8. The Bertz CT molecular complexity index is 998. The number of amides is 1. The summed E-state index contributed by atoms with van der Waals surface area (Å²) in [5.41, 5.74) is 1.01. The minimum absolute atomic E-state index is 0.104. The lowest BCUT2D eigenvalue weighted by atomic mass is 9.88. The number of anilines is 2. The molecule has 1 amide bonds. The van der Waals surface area contributed by atoms with E-state index in [1.165, 1.54) is 6.20 Å². The molecule has 33 heavy (non-hydrogen) atoms. The van der Waals surface area contributed by atoms with Crippen molar-refractivity contribution in [1.82, 2.24) is 15.3 Å². The van der Waals surface area contributed by atoms with Gasteiger partial charge in [0.15, 0.2) is 0 Å². The molecule has 10 heteroatoms. The van der Waals surface area contributed by atoms with E-state index in [1.54, 1.807) is 12.1 Å². The van der Waals surface area contributed by atoms with Crippen molar-refractivity contribution in [3.05, 3.63) is 34.4 Å². The standard InChI is InChI=1S/C23H29Cl2N5O3/c1-23(2)10-14(5-7-33-23)11-27-19-4-3-16(24)21(29-19)15-9-20(28-12-17(15)25)30-22(31)18-13-26-6-8-32-18/h3-4,9,12,14,18,26H,5-8,10-11,13H2,1-2H3,(H,27,29)(H,28,30,31)/t14-,18-/m1/s1. The van der Waals surface area contributed by atoms with Crippen LogP contribution in [0, 0.1) is 5.92 Å². The zero-order valence-electron chi connectivity index (χ0n) is 18.8. The largest absolute Gasteiger partial charge is 0.376 e. The fourth-order valence-corrected chi connectivity index (χ4v) is 4.54. The molecule has 0 radical (unpaired) electrons. The van der Waals surface area contributed by atoms with Crippen LogP contribution in [0.3, 0.4) is 0 Å². The van der Waals surface area contributed by atoms with Crippen molar-refractivity contribution < 1.29 is 14.3 Å². The van der Waals surface area contributed by atoms with Crippen molar-refractivity contribution in [2.75, 3.05) is 43.5 Å². The van der Waals surface area contributed by atoms with Gasteiger partial charge in [-0.15, -0.1) is 0 Å². The second kappa shape index (κ2) is 10.5. The van der Waals surface area contributed by atoms with Crippen LogP contribution in [0.2, 0.25) is 10.0 Å². The molecule has 2 atom stereocenters. The van der Waals surface area contributed by atoms with Crippen LogP contribution >= 0.6 is 23.2 Å². The van der Waals surface area contributed by atoms with E-state index in [-0.39, 0.29) is 11.5 Å². The van der Waals surface area contributed by atoms with Crippen molar-refractivity contribution in [3.63, 3.8) is 0 Å². The number of nitrogens with zero attached hydrogens (tertiary/aromatic N) is 2. The molecule has 0 aliphatic carbocycles. The number of ether oxygens (including phenoxy) is 2. The smallest absolute Gasteiger partial charge is 0.255 e. The molecule has 3 N–H and O–H groups in total. The molecule has 0 bridgehead atoms. The van der Waals surface area contributed by atoms with Gasteiger partial charge in [0.2, 0.25) is 0 Å². The topological polar surface area (TPSA) is 97.4 Å². The Balaban J connectivity index is 1.48. The van der Waals surface area contributed by atoms with Gasteiger partial charge in [-0.2, -0.15) is 0 Å². The summed E-state index contributed by atoms with van der Waals surface area (Å²) in [5, 5.41) is 10.2. The molecule has 2 aliphatic rings. The van der Waals surface area contributed by atoms with Crippen LogP contribution in [0.1, 0.15) is 26.7 Å². The predicted octanol–water partition coefficient (Wildman–Crippen LogP) is 3.99. The second-order valence-corrected chi connectivity index (χ2v) is 9.79. The number of halogens is 2. The molecule has 2 aromatic rings. The molecule has 2 saturated heterocycles. The van der Waals surface area contributed by atoms with Gasteiger partial charge in [0.1, 0.15) is 17.7 Å². The van der Waals surface area contributed by atoms with Crippen LogP contribution in [0.15, 0.2) is 24.4 Å². The fourth-order valence-electron chi connectivity index (χ4n) is 4.14. The van der Waals surface area contributed by atoms with Crippen LogP contribution in [-0.4, -0.2) is 60.4 Å². The van der Waals surface area contributed by atoms with Crippen LogP contribution in [-0.2, 0) is 14.3 Å². The monoisotopic (exact) mass is 493 g/mol. The van der Waals surface area contributed by atoms with Crippen molar-refractivity contribution in [2.45, 2.75) is 38.4 Å². The molecule has 4 heterocycles. The van der Waals surface area contributed by atoms with E-state index in [2.05, 4.69) is 34.8 Å². The Morgan fingerprint density at radius 2 is 2.09 bits per heavy atom. The summed E-state index contributed by atoms with van der Waals surface area (Å²) in [6, 6.07) is 5.31. The molecule has 2 aliphatic heterocycles. The average molecular weight is 494 g/mol. The highest BCUT2D eigenvalue weighted by Crippen LogP contribution is 2.34. The van der Waals surface area contributed by atoms with Gasteiger partial charge in [0.05, 0.1) is 27.9 Å². The van der Waals surface area contributed by atoms with Crippen molar-refractivity contribution in [2.24, 2.45) is 5.92 Å². The Kier molecular flexibility index (Phi) is 7.71. The van der Waals surface area contributed by atoms with E-state index < -0.39 is 6.10 Å². The van der Waals surface area contributed by atoms with Crippen LogP contribution in [0.25, 0.3) is 11.3 Å². The van der Waals surface area contributed by atoms with Gasteiger partial charge in [-0.3, -0.25) is 4.79 Å². The number of hydrogen-bond acceptors (Lipinski definition) is 7. The highest BCUT2D eigenvalue weighted by molar-refractivity contribution is 6.36. The third kappa shape index (κ3) is 6.33. The van der Waals surface area contributed by atoms with E-state index in [0.717, 1.165) is 32.5 Å². The lowest BCUT2D eigenvalue weighted by molar-refractivity contribution is -0.128. The van der Waals surface area contributed by atoms with Gasteiger partial charge in [-0.1, -0.05) is 23.2 Å². The zero-order chi connectivity index (χ0) is 23.4. The highest BCUT2D eigenvalue weighted by Gasteiger charge is 2.28. The van der Waals surface area contributed by atoms with Gasteiger partial charge in [0.25, 0.3) is 5.91 Å². The van der Waals surface area contributed by atoms with Crippen molar-refractivity contribution in [3.8, 4) is 11.3 Å². The van der Waals surface area contributed by atoms with Crippen molar-refractivity contribution >= 4 is 40.7 Å². The molecular formula is C23H29Cl2N5O3. The summed E-state index contributed by atoms with van der Waals surface area (Å²) in [4.78, 5) is 21.4. The molecule has 0 spiro atoms. The molecule has 8 nitrogen and oxygen atoms in total. The minimum Gasteiger partial charge on any atom is -0.376 e. The summed E-state index contributed by atoms with van der Waals surface area (Å²) in [6.45, 7) is 7.48. The lowest BCUT2D eigenvalue weighted by Crippen LogP contribution is -2.45. The SMILES string of the molecule is CC1(C)C[C@H](CNc2ccc(Cl)c(-c3cc(NC(=O)[C@H]4CNCCO4)ncc3Cl)n2)CCO1. The summed E-state index contributed by atoms with van der Waals surface area (Å²) >= 11 is 12.9. The lowest BCUT2D eigenvalue weighted by Gasteiger charge is -2.35. The Hall–Kier alpha value is -1.97. The number of nitrogens with one attached hydrogen (secondary N) is 3. The molecule has 4 rings (SSSR count). The average Bonchev–Trinajstić information content (AvgIpc) is 2.80. The minimum atomic E-state index is -0.566. The quantitative estimate of drug-likeness (QED) is 0.559. The number of carbonyl (C=O) groups is 1. The summed E-state index contributed by atoms with van der Waals surface area (Å²) < 4.78 is 11.3. The summed E-state index contributed by atoms with van der Waals surface area (Å²) in [7, 11) is 0. The number of carbonyl (C=O) groups excluding carboxylic acids is 1. The fraction of sp³-hybridized carbons (Fsp3) is 0.522. The first-order valence-corrected chi connectivity index (χ1v) is 11.9. The van der Waals surface area contributed by atoms with Gasteiger partial charge in [-0.25, -0.2) is 9.97 Å². The zero-order valence-corrected chi connectivity index (χ0v) is 20.3. The molecule has 0 unspecified atom stereocenters. The second-order valence-electron chi connectivity index (χ2n) is 8.98. The normalized spacial score (nSPS) is 22.5. The maximum Gasteiger partial charge on any atom is 0.255 e. The van der Waals surface area contributed by atoms with Crippen LogP contribution in [0.4, 0.5) is 11.6 Å². The number of hydrogen-bond donors (Lipinski definition) is 3. The van der Waals surface area contributed by atoms with Crippen molar-refractivity contribution in [1.29, 1.82) is 0 Å². The summed E-state index contributed by atoms with van der Waals surface area (Å²) in [5.74, 6) is 1.29. The van der Waals surface area contributed by atoms with Gasteiger partial charge < -0.3 is 25.4 Å². The molecule has 2 aromatic heterocycles. The molecular weight excluding hydrogens is 465 g/mol. The highest BCUT2D eigenvalue weighted by atomic mass is 35.5. The third-order valence-corrected chi connectivity index (χ3v) is 6.40.